The molecule has 0 saturated heterocycles. The van der Waals surface area contributed by atoms with Gasteiger partial charge in [-0.15, -0.1) is 0 Å². The van der Waals surface area contributed by atoms with E-state index in [9.17, 15) is 17.2 Å². The van der Waals surface area contributed by atoms with Crippen LogP contribution in [0.1, 0.15) is 0 Å². The number of hydrogen-bond donors (Lipinski definition) is 0. The van der Waals surface area contributed by atoms with Crippen molar-refractivity contribution >= 4 is 21.7 Å². The molecule has 0 unspecified atom stereocenters. The minimum Gasteiger partial charge on any atom is -0.376 e. The topological polar surface area (TPSA) is 43.4 Å². The fourth-order valence-corrected chi connectivity index (χ4v) is 2.79. The Morgan fingerprint density at radius 2 is 1.74 bits per heavy atom. The SMILES string of the molecule is O=S(=O)(Oc1ccc(F)cc1F)c1ccccc1Cl. The van der Waals surface area contributed by atoms with Crippen LogP contribution in [0.25, 0.3) is 0 Å². The number of hydrogen-bond acceptors (Lipinski definition) is 3. The van der Waals surface area contributed by atoms with Crippen LogP contribution in [0.2, 0.25) is 5.02 Å². The van der Waals surface area contributed by atoms with E-state index in [1.165, 1.54) is 18.2 Å². The van der Waals surface area contributed by atoms with Gasteiger partial charge in [0.2, 0.25) is 0 Å². The molecule has 0 amide bonds. The zero-order chi connectivity index (χ0) is 14.0. The maximum Gasteiger partial charge on any atom is 0.340 e. The van der Waals surface area contributed by atoms with Gasteiger partial charge in [0, 0.05) is 6.07 Å². The molecule has 0 fully saturated rings. The predicted octanol–water partition coefficient (Wildman–Crippen LogP) is 3.39. The molecule has 0 heterocycles. The summed E-state index contributed by atoms with van der Waals surface area (Å²) in [7, 11) is -4.27. The predicted molar refractivity (Wildman–Crippen MR) is 65.6 cm³/mol. The van der Waals surface area contributed by atoms with Crippen LogP contribution in [0.15, 0.2) is 47.4 Å². The first-order valence-electron chi connectivity index (χ1n) is 5.04. The normalized spacial score (nSPS) is 11.3. The summed E-state index contributed by atoms with van der Waals surface area (Å²) in [5.74, 6) is -2.54. The molecule has 2 rings (SSSR count). The van der Waals surface area contributed by atoms with E-state index in [0.29, 0.717) is 6.07 Å². The highest BCUT2D eigenvalue weighted by Crippen LogP contribution is 2.26. The molecule has 0 spiro atoms. The van der Waals surface area contributed by atoms with E-state index in [1.807, 2.05) is 0 Å². The molecule has 0 N–H and O–H groups in total. The minimum absolute atomic E-state index is 0.0509. The molecule has 0 bridgehead atoms. The van der Waals surface area contributed by atoms with Crippen molar-refractivity contribution in [2.45, 2.75) is 4.90 Å². The summed E-state index contributed by atoms with van der Waals surface area (Å²) in [5.41, 5.74) is 0. The monoisotopic (exact) mass is 304 g/mol. The van der Waals surface area contributed by atoms with Crippen LogP contribution in [0, 0.1) is 11.6 Å². The molecule has 100 valence electrons. The highest BCUT2D eigenvalue weighted by Gasteiger charge is 2.21. The average Bonchev–Trinajstić information content (AvgIpc) is 2.33. The molecule has 7 heteroatoms. The third-order valence-corrected chi connectivity index (χ3v) is 3.93. The summed E-state index contributed by atoms with van der Waals surface area (Å²) in [6.07, 6.45) is 0. The van der Waals surface area contributed by atoms with Gasteiger partial charge in [-0.05, 0) is 24.3 Å². The Morgan fingerprint density at radius 1 is 1.05 bits per heavy atom. The van der Waals surface area contributed by atoms with Gasteiger partial charge in [0.25, 0.3) is 0 Å². The Balaban J connectivity index is 2.40. The lowest BCUT2D eigenvalue weighted by molar-refractivity contribution is 0.457. The molecule has 0 aliphatic carbocycles. The highest BCUT2D eigenvalue weighted by molar-refractivity contribution is 7.87. The summed E-state index contributed by atoms with van der Waals surface area (Å²) in [6.45, 7) is 0. The van der Waals surface area contributed by atoms with Crippen LogP contribution in [0.5, 0.6) is 5.75 Å². The van der Waals surface area contributed by atoms with E-state index in [0.717, 1.165) is 12.1 Å². The van der Waals surface area contributed by atoms with Crippen LogP contribution >= 0.6 is 11.6 Å². The number of rotatable bonds is 3. The molecular formula is C12H7ClF2O3S. The van der Waals surface area contributed by atoms with E-state index < -0.39 is 27.5 Å². The zero-order valence-corrected chi connectivity index (χ0v) is 10.9. The first kappa shape index (κ1) is 13.8. The standard InChI is InChI=1S/C12H7ClF2O3S/c13-9-3-1-2-4-12(9)19(16,17)18-11-6-5-8(14)7-10(11)15/h1-7H. The first-order valence-corrected chi connectivity index (χ1v) is 6.83. The van der Waals surface area contributed by atoms with Gasteiger partial charge in [0.15, 0.2) is 11.6 Å². The van der Waals surface area contributed by atoms with Crippen molar-refractivity contribution in [1.82, 2.24) is 0 Å². The maximum absolute atomic E-state index is 13.3. The van der Waals surface area contributed by atoms with Crippen molar-refractivity contribution in [3.05, 3.63) is 59.1 Å². The number of halogens is 3. The van der Waals surface area contributed by atoms with Gasteiger partial charge in [0.1, 0.15) is 10.7 Å². The van der Waals surface area contributed by atoms with Crippen molar-refractivity contribution in [1.29, 1.82) is 0 Å². The maximum atomic E-state index is 13.3. The summed E-state index contributed by atoms with van der Waals surface area (Å²) >= 11 is 5.73. The lowest BCUT2D eigenvalue weighted by Crippen LogP contribution is -2.11. The molecule has 2 aromatic carbocycles. The van der Waals surface area contributed by atoms with Crippen LogP contribution in [-0.4, -0.2) is 8.42 Å². The fourth-order valence-electron chi connectivity index (χ4n) is 1.35. The third kappa shape index (κ3) is 3.02. The van der Waals surface area contributed by atoms with E-state index in [1.54, 1.807) is 6.07 Å². The largest absolute Gasteiger partial charge is 0.376 e. The second-order valence-corrected chi connectivity index (χ2v) is 5.46. The molecule has 0 aromatic heterocycles. The Kier molecular flexibility index (Phi) is 3.73. The second kappa shape index (κ2) is 5.14. The van der Waals surface area contributed by atoms with Crippen LogP contribution in [0.3, 0.4) is 0 Å². The highest BCUT2D eigenvalue weighted by atomic mass is 35.5. The molecule has 19 heavy (non-hydrogen) atoms. The molecule has 0 radical (unpaired) electrons. The van der Waals surface area contributed by atoms with Gasteiger partial charge in [-0.1, -0.05) is 23.7 Å². The van der Waals surface area contributed by atoms with Crippen LogP contribution < -0.4 is 4.18 Å². The fraction of sp³-hybridized carbons (Fsp3) is 0. The molecule has 2 aromatic rings. The lowest BCUT2D eigenvalue weighted by Gasteiger charge is -2.08. The third-order valence-electron chi connectivity index (χ3n) is 2.20. The van der Waals surface area contributed by atoms with Gasteiger partial charge in [-0.3, -0.25) is 0 Å². The quantitative estimate of drug-likeness (QED) is 0.816. The minimum atomic E-state index is -4.27. The summed E-state index contributed by atoms with van der Waals surface area (Å²) in [4.78, 5) is -0.291. The van der Waals surface area contributed by atoms with Gasteiger partial charge in [-0.25, -0.2) is 8.78 Å². The van der Waals surface area contributed by atoms with E-state index in [-0.39, 0.29) is 9.92 Å². The van der Waals surface area contributed by atoms with Crippen molar-refractivity contribution in [3.8, 4) is 5.75 Å². The van der Waals surface area contributed by atoms with E-state index in [2.05, 4.69) is 4.18 Å². The van der Waals surface area contributed by atoms with Crippen molar-refractivity contribution in [2.75, 3.05) is 0 Å². The van der Waals surface area contributed by atoms with Gasteiger partial charge >= 0.3 is 10.1 Å². The Bertz CT molecular complexity index is 717. The average molecular weight is 305 g/mol. The smallest absolute Gasteiger partial charge is 0.340 e. The first-order chi connectivity index (χ1) is 8.90. The van der Waals surface area contributed by atoms with Crippen molar-refractivity contribution in [3.63, 3.8) is 0 Å². The molecule has 0 aliphatic rings. The van der Waals surface area contributed by atoms with E-state index >= 15 is 0 Å². The van der Waals surface area contributed by atoms with E-state index in [4.69, 9.17) is 11.6 Å². The Labute approximate surface area is 113 Å². The van der Waals surface area contributed by atoms with Gasteiger partial charge in [0.05, 0.1) is 5.02 Å². The van der Waals surface area contributed by atoms with Crippen molar-refractivity contribution in [2.24, 2.45) is 0 Å². The van der Waals surface area contributed by atoms with Crippen molar-refractivity contribution < 1.29 is 21.4 Å². The Hall–Kier alpha value is -1.66. The summed E-state index contributed by atoms with van der Waals surface area (Å²) in [6, 6.07) is 7.87. The van der Waals surface area contributed by atoms with Crippen LogP contribution in [-0.2, 0) is 10.1 Å². The molecule has 0 aliphatic heterocycles. The van der Waals surface area contributed by atoms with Gasteiger partial charge < -0.3 is 4.18 Å². The Morgan fingerprint density at radius 3 is 2.37 bits per heavy atom. The second-order valence-electron chi connectivity index (χ2n) is 3.54. The number of benzene rings is 2. The summed E-state index contributed by atoms with van der Waals surface area (Å²) < 4.78 is 54.4. The van der Waals surface area contributed by atoms with Gasteiger partial charge in [-0.2, -0.15) is 8.42 Å². The zero-order valence-electron chi connectivity index (χ0n) is 9.31. The van der Waals surface area contributed by atoms with Crippen LogP contribution in [0.4, 0.5) is 8.78 Å². The molecular weight excluding hydrogens is 298 g/mol. The molecule has 3 nitrogen and oxygen atoms in total. The molecule has 0 saturated carbocycles. The summed E-state index contributed by atoms with van der Waals surface area (Å²) in [5, 5.41) is -0.0509. The molecule has 0 atom stereocenters. The lowest BCUT2D eigenvalue weighted by atomic mass is 10.3.